The summed E-state index contributed by atoms with van der Waals surface area (Å²) in [7, 11) is 8.05. The largest absolute Gasteiger partial charge is 0.354 e. The summed E-state index contributed by atoms with van der Waals surface area (Å²) in [6.07, 6.45) is 1.25. The van der Waals surface area contributed by atoms with Gasteiger partial charge in [0.1, 0.15) is 30.2 Å². The van der Waals surface area contributed by atoms with Crippen LogP contribution in [0, 0.1) is 35.5 Å². The van der Waals surface area contributed by atoms with E-state index in [1.165, 1.54) is 19.6 Å². The fraction of sp³-hybridized carbons (Fsp3) is 0.727. The Kier molecular flexibility index (Phi) is 21.0. The van der Waals surface area contributed by atoms with Gasteiger partial charge in [0.2, 0.25) is 35.4 Å². The average molecular weight is 800 g/mol. The number of rotatable bonds is 22. The molecule has 0 saturated heterocycles. The first-order valence-electron chi connectivity index (χ1n) is 20.8. The SMILES string of the molecule is CN[C@@H](CC(C)C)C(=O)N(C)[C@@H](C(=O)N[C@@H](C(=O)N(C)[C@@H](C(=O)N(C)[C@@H](C(=O)N(C)[C@@H](C(=O)NCCc1ccccc1)C(C)C)C(C)C)C(C)C)C(C)C)C(C)C. The van der Waals surface area contributed by atoms with Crippen LogP contribution >= 0.6 is 0 Å². The Balaban J connectivity index is 3.35. The number of hydrogen-bond acceptors (Lipinski definition) is 7. The number of likely N-dealkylation sites (N-methyl/N-ethyl adjacent to an activating group) is 5. The maximum atomic E-state index is 14.5. The predicted octanol–water partition coefficient (Wildman–Crippen LogP) is 4.05. The summed E-state index contributed by atoms with van der Waals surface area (Å²) in [5, 5.41) is 9.00. The normalized spacial score (nSPS) is 14.9. The van der Waals surface area contributed by atoms with Gasteiger partial charge in [-0.2, -0.15) is 0 Å². The van der Waals surface area contributed by atoms with Gasteiger partial charge in [0.15, 0.2) is 0 Å². The lowest BCUT2D eigenvalue weighted by molar-refractivity contribution is -0.155. The summed E-state index contributed by atoms with van der Waals surface area (Å²) in [4.78, 5) is 89.9. The van der Waals surface area contributed by atoms with Crippen molar-refractivity contribution in [2.45, 2.75) is 132 Å². The summed E-state index contributed by atoms with van der Waals surface area (Å²) >= 11 is 0. The zero-order valence-corrected chi connectivity index (χ0v) is 38.2. The summed E-state index contributed by atoms with van der Waals surface area (Å²) in [5.41, 5.74) is 1.09. The molecule has 3 N–H and O–H groups in total. The highest BCUT2D eigenvalue weighted by atomic mass is 16.2. The highest BCUT2D eigenvalue weighted by Crippen LogP contribution is 2.23. The van der Waals surface area contributed by atoms with E-state index < -0.39 is 54.0 Å². The molecule has 324 valence electrons. The van der Waals surface area contributed by atoms with E-state index in [1.54, 1.807) is 35.2 Å². The zero-order chi connectivity index (χ0) is 44.1. The van der Waals surface area contributed by atoms with Crippen LogP contribution in [0.2, 0.25) is 0 Å². The molecule has 0 aliphatic rings. The second kappa shape index (κ2) is 23.4. The maximum absolute atomic E-state index is 14.5. The lowest BCUT2D eigenvalue weighted by Gasteiger charge is -2.41. The van der Waals surface area contributed by atoms with Crippen LogP contribution in [0.1, 0.15) is 95.1 Å². The monoisotopic (exact) mass is 800 g/mol. The van der Waals surface area contributed by atoms with E-state index in [0.29, 0.717) is 19.4 Å². The molecule has 1 aromatic carbocycles. The van der Waals surface area contributed by atoms with Crippen molar-refractivity contribution in [3.05, 3.63) is 35.9 Å². The van der Waals surface area contributed by atoms with Crippen LogP contribution in [-0.2, 0) is 35.2 Å². The Morgan fingerprint density at radius 2 is 0.930 bits per heavy atom. The maximum Gasteiger partial charge on any atom is 0.246 e. The van der Waals surface area contributed by atoms with Crippen LogP contribution in [0.3, 0.4) is 0 Å². The molecule has 0 fully saturated rings. The van der Waals surface area contributed by atoms with E-state index in [1.807, 2.05) is 113 Å². The van der Waals surface area contributed by atoms with Gasteiger partial charge in [0, 0.05) is 34.7 Å². The van der Waals surface area contributed by atoms with Gasteiger partial charge in [0.25, 0.3) is 0 Å². The van der Waals surface area contributed by atoms with E-state index in [0.717, 1.165) is 5.56 Å². The predicted molar refractivity (Wildman–Crippen MR) is 228 cm³/mol. The summed E-state index contributed by atoms with van der Waals surface area (Å²) < 4.78 is 0. The number of benzene rings is 1. The topological polar surface area (TPSA) is 151 Å². The molecule has 0 aliphatic heterocycles. The summed E-state index contributed by atoms with van der Waals surface area (Å²) in [6, 6.07) is 4.85. The number of nitrogens with zero attached hydrogens (tertiary/aromatic N) is 4. The second-order valence-electron chi connectivity index (χ2n) is 17.8. The minimum absolute atomic E-state index is 0.207. The quantitative estimate of drug-likeness (QED) is 0.160. The first-order chi connectivity index (χ1) is 26.4. The molecule has 13 heteroatoms. The van der Waals surface area contributed by atoms with E-state index >= 15 is 0 Å². The van der Waals surface area contributed by atoms with Crippen LogP contribution in [0.4, 0.5) is 0 Å². The van der Waals surface area contributed by atoms with Crippen molar-refractivity contribution >= 4 is 35.4 Å². The molecular weight excluding hydrogens is 723 g/mol. The molecule has 0 unspecified atom stereocenters. The van der Waals surface area contributed by atoms with Gasteiger partial charge in [-0.1, -0.05) is 113 Å². The Bertz CT molecular complexity index is 1460. The molecule has 0 bridgehead atoms. The van der Waals surface area contributed by atoms with Crippen molar-refractivity contribution in [1.29, 1.82) is 0 Å². The summed E-state index contributed by atoms with van der Waals surface area (Å²) in [5.74, 6) is -3.45. The summed E-state index contributed by atoms with van der Waals surface area (Å²) in [6.45, 7) is 23.0. The molecule has 0 aromatic heterocycles. The third kappa shape index (κ3) is 14.1. The van der Waals surface area contributed by atoms with Crippen LogP contribution in [-0.4, -0.2) is 133 Å². The Morgan fingerprint density at radius 1 is 0.526 bits per heavy atom. The molecule has 0 saturated carbocycles. The van der Waals surface area contributed by atoms with Gasteiger partial charge in [-0.05, 0) is 61.0 Å². The Labute approximate surface area is 344 Å². The van der Waals surface area contributed by atoms with E-state index in [-0.39, 0.29) is 53.2 Å². The van der Waals surface area contributed by atoms with Crippen LogP contribution in [0.15, 0.2) is 30.3 Å². The molecule has 0 heterocycles. The van der Waals surface area contributed by atoms with Crippen molar-refractivity contribution in [3.8, 4) is 0 Å². The van der Waals surface area contributed by atoms with Gasteiger partial charge in [0.05, 0.1) is 6.04 Å². The van der Waals surface area contributed by atoms with Gasteiger partial charge in [-0.25, -0.2) is 0 Å². The van der Waals surface area contributed by atoms with Crippen molar-refractivity contribution in [3.63, 3.8) is 0 Å². The first-order valence-corrected chi connectivity index (χ1v) is 20.8. The lowest BCUT2D eigenvalue weighted by Crippen LogP contribution is -2.63. The number of carbonyl (C=O) groups is 6. The number of hydrogen-bond donors (Lipinski definition) is 3. The standard InChI is InChI=1S/C44H77N7O6/c1-26(2)25-33(45-13)41(54)48(14)36(29(7)8)40(53)47-34(27(3)4)42(55)50(16)37(30(9)10)44(57)51(17)38(31(11)12)43(56)49(15)35(28(5)6)39(52)46-24-23-32-21-19-18-20-22-32/h18-22,26-31,33-38,45H,23-25H2,1-17H3,(H,46,52)(H,47,53)/t33-,34+,35+,36+,37+,38+/m0/s1. The van der Waals surface area contributed by atoms with Crippen LogP contribution in [0.5, 0.6) is 0 Å². The van der Waals surface area contributed by atoms with E-state index in [2.05, 4.69) is 16.0 Å². The fourth-order valence-electron chi connectivity index (χ4n) is 7.72. The molecule has 0 aliphatic carbocycles. The van der Waals surface area contributed by atoms with Crippen molar-refractivity contribution in [2.75, 3.05) is 41.8 Å². The van der Waals surface area contributed by atoms with Gasteiger partial charge >= 0.3 is 0 Å². The Hall–Kier alpha value is -4.00. The van der Waals surface area contributed by atoms with E-state index in [9.17, 15) is 28.8 Å². The molecule has 57 heavy (non-hydrogen) atoms. The average Bonchev–Trinajstić information content (AvgIpc) is 3.11. The van der Waals surface area contributed by atoms with Gasteiger partial charge in [-0.15, -0.1) is 0 Å². The van der Waals surface area contributed by atoms with E-state index in [4.69, 9.17) is 0 Å². The highest BCUT2D eigenvalue weighted by molar-refractivity contribution is 5.97. The second-order valence-corrected chi connectivity index (χ2v) is 17.8. The van der Waals surface area contributed by atoms with Gasteiger partial charge in [-0.3, -0.25) is 28.8 Å². The third-order valence-corrected chi connectivity index (χ3v) is 10.8. The molecule has 13 nitrogen and oxygen atoms in total. The number of carbonyl (C=O) groups excluding carboxylic acids is 6. The molecule has 0 radical (unpaired) electrons. The van der Waals surface area contributed by atoms with Crippen LogP contribution in [0.25, 0.3) is 0 Å². The van der Waals surface area contributed by atoms with Gasteiger partial charge < -0.3 is 35.6 Å². The molecule has 1 rings (SSSR count). The fourth-order valence-corrected chi connectivity index (χ4v) is 7.72. The lowest BCUT2D eigenvalue weighted by atomic mass is 9.94. The highest BCUT2D eigenvalue weighted by Gasteiger charge is 2.43. The molecule has 1 aromatic rings. The first kappa shape index (κ1) is 51.0. The molecular formula is C44H77N7O6. The minimum atomic E-state index is -0.997. The van der Waals surface area contributed by atoms with Crippen molar-refractivity contribution in [2.24, 2.45) is 35.5 Å². The minimum Gasteiger partial charge on any atom is -0.354 e. The third-order valence-electron chi connectivity index (χ3n) is 10.8. The van der Waals surface area contributed by atoms with Crippen molar-refractivity contribution < 1.29 is 28.8 Å². The molecule has 6 atom stereocenters. The Morgan fingerprint density at radius 3 is 1.33 bits per heavy atom. The molecule has 0 spiro atoms. The number of nitrogens with one attached hydrogen (secondary N) is 3. The van der Waals surface area contributed by atoms with Crippen molar-refractivity contribution in [1.82, 2.24) is 35.6 Å². The smallest absolute Gasteiger partial charge is 0.246 e. The number of amides is 6. The van der Waals surface area contributed by atoms with Crippen LogP contribution < -0.4 is 16.0 Å². The zero-order valence-electron chi connectivity index (χ0n) is 38.2. The molecule has 6 amide bonds.